The van der Waals surface area contributed by atoms with E-state index >= 15 is 0 Å². The molecule has 0 unspecified atom stereocenters. The van der Waals surface area contributed by atoms with Gasteiger partial charge in [0.15, 0.2) is 5.82 Å². The summed E-state index contributed by atoms with van der Waals surface area (Å²) in [4.78, 5) is 6.38. The SMILES string of the molecule is CN(C)c1n[nH]c([C@@H]2OCC[C@@H]2c2ccccc2)n1. The average Bonchev–Trinajstić information content (AvgIpc) is 3.08. The number of hydrogen-bond donors (Lipinski definition) is 1. The van der Waals surface area contributed by atoms with E-state index in [4.69, 9.17) is 4.74 Å². The first-order valence-electron chi connectivity index (χ1n) is 6.52. The molecule has 5 nitrogen and oxygen atoms in total. The zero-order valence-electron chi connectivity index (χ0n) is 11.2. The quantitative estimate of drug-likeness (QED) is 0.916. The maximum atomic E-state index is 5.85. The molecule has 1 aromatic carbocycles. The third-order valence-corrected chi connectivity index (χ3v) is 3.48. The predicted octanol–water partition coefficient (Wildman–Crippen LogP) is 2.12. The minimum Gasteiger partial charge on any atom is -0.370 e. The number of H-pyrrole nitrogens is 1. The van der Waals surface area contributed by atoms with Gasteiger partial charge in [0.25, 0.3) is 0 Å². The Kier molecular flexibility index (Phi) is 3.21. The highest BCUT2D eigenvalue weighted by molar-refractivity contribution is 5.28. The summed E-state index contributed by atoms with van der Waals surface area (Å²) in [6.07, 6.45) is 0.996. The van der Waals surface area contributed by atoms with Gasteiger partial charge in [0.1, 0.15) is 6.10 Å². The Morgan fingerprint density at radius 2 is 2.05 bits per heavy atom. The number of aromatic nitrogens is 3. The number of hydrogen-bond acceptors (Lipinski definition) is 4. The van der Waals surface area contributed by atoms with Crippen molar-refractivity contribution in [3.63, 3.8) is 0 Å². The minimum absolute atomic E-state index is 0.0244. The van der Waals surface area contributed by atoms with E-state index in [1.165, 1.54) is 5.56 Å². The van der Waals surface area contributed by atoms with Crippen LogP contribution in [0.1, 0.15) is 29.8 Å². The summed E-state index contributed by atoms with van der Waals surface area (Å²) in [7, 11) is 3.86. The first kappa shape index (κ1) is 12.2. The normalized spacial score (nSPS) is 22.6. The molecule has 2 heterocycles. The van der Waals surface area contributed by atoms with Crippen molar-refractivity contribution in [2.75, 3.05) is 25.6 Å². The maximum absolute atomic E-state index is 5.85. The molecule has 0 bridgehead atoms. The number of nitrogens with one attached hydrogen (secondary N) is 1. The summed E-state index contributed by atoms with van der Waals surface area (Å²) >= 11 is 0. The van der Waals surface area contributed by atoms with Crippen LogP contribution in [0.3, 0.4) is 0 Å². The molecule has 0 spiro atoms. The summed E-state index contributed by atoms with van der Waals surface area (Å²) in [5.74, 6) is 1.86. The highest BCUT2D eigenvalue weighted by Crippen LogP contribution is 2.40. The Morgan fingerprint density at radius 3 is 2.74 bits per heavy atom. The minimum atomic E-state index is -0.0244. The Hall–Kier alpha value is -1.88. The maximum Gasteiger partial charge on any atom is 0.244 e. The van der Waals surface area contributed by atoms with Crippen molar-refractivity contribution in [2.45, 2.75) is 18.4 Å². The van der Waals surface area contributed by atoms with Crippen LogP contribution in [0.5, 0.6) is 0 Å². The second-order valence-corrected chi connectivity index (χ2v) is 5.01. The molecule has 1 saturated heterocycles. The first-order valence-corrected chi connectivity index (χ1v) is 6.52. The van der Waals surface area contributed by atoms with Crippen molar-refractivity contribution in [1.29, 1.82) is 0 Å². The average molecular weight is 258 g/mol. The van der Waals surface area contributed by atoms with Crippen LogP contribution in [-0.2, 0) is 4.74 Å². The van der Waals surface area contributed by atoms with E-state index in [0.29, 0.717) is 11.9 Å². The van der Waals surface area contributed by atoms with E-state index in [1.807, 2.05) is 25.1 Å². The van der Waals surface area contributed by atoms with Crippen molar-refractivity contribution in [1.82, 2.24) is 15.2 Å². The van der Waals surface area contributed by atoms with Crippen molar-refractivity contribution in [3.05, 3.63) is 41.7 Å². The highest BCUT2D eigenvalue weighted by atomic mass is 16.5. The van der Waals surface area contributed by atoms with Crippen LogP contribution in [-0.4, -0.2) is 35.9 Å². The van der Waals surface area contributed by atoms with Crippen LogP contribution in [0.15, 0.2) is 30.3 Å². The lowest BCUT2D eigenvalue weighted by Gasteiger charge is -2.16. The van der Waals surface area contributed by atoms with Gasteiger partial charge in [-0.15, -0.1) is 5.10 Å². The van der Waals surface area contributed by atoms with Crippen LogP contribution >= 0.6 is 0 Å². The van der Waals surface area contributed by atoms with Gasteiger partial charge in [-0.1, -0.05) is 30.3 Å². The lowest BCUT2D eigenvalue weighted by Crippen LogP contribution is -2.11. The van der Waals surface area contributed by atoms with Crippen LogP contribution in [0.4, 0.5) is 5.95 Å². The molecule has 2 atom stereocenters. The summed E-state index contributed by atoms with van der Waals surface area (Å²) in [6, 6.07) is 10.5. The van der Waals surface area contributed by atoms with E-state index < -0.39 is 0 Å². The number of ether oxygens (including phenoxy) is 1. The van der Waals surface area contributed by atoms with E-state index in [-0.39, 0.29) is 6.10 Å². The summed E-state index contributed by atoms with van der Waals surface area (Å²) in [6.45, 7) is 0.766. The summed E-state index contributed by atoms with van der Waals surface area (Å²) < 4.78 is 5.85. The van der Waals surface area contributed by atoms with Crippen LogP contribution < -0.4 is 4.90 Å². The van der Waals surface area contributed by atoms with Gasteiger partial charge < -0.3 is 9.64 Å². The van der Waals surface area contributed by atoms with Gasteiger partial charge in [0.05, 0.1) is 0 Å². The van der Waals surface area contributed by atoms with Gasteiger partial charge in [-0.25, -0.2) is 0 Å². The van der Waals surface area contributed by atoms with Crippen LogP contribution in [0.25, 0.3) is 0 Å². The predicted molar refractivity (Wildman–Crippen MR) is 73.2 cm³/mol. The second kappa shape index (κ2) is 5.01. The molecule has 100 valence electrons. The zero-order chi connectivity index (χ0) is 13.2. The van der Waals surface area contributed by atoms with Gasteiger partial charge in [-0.2, -0.15) is 4.98 Å². The van der Waals surface area contributed by atoms with E-state index in [1.54, 1.807) is 0 Å². The molecule has 1 fully saturated rings. The monoisotopic (exact) mass is 258 g/mol. The molecule has 1 aliphatic heterocycles. The number of anilines is 1. The molecule has 0 aliphatic carbocycles. The molecule has 19 heavy (non-hydrogen) atoms. The third kappa shape index (κ3) is 2.33. The molecule has 1 N–H and O–H groups in total. The summed E-state index contributed by atoms with van der Waals surface area (Å²) in [5.41, 5.74) is 1.30. The molecule has 3 rings (SSSR count). The van der Waals surface area contributed by atoms with Gasteiger partial charge in [-0.05, 0) is 12.0 Å². The number of benzene rings is 1. The Bertz CT molecular complexity index is 537. The van der Waals surface area contributed by atoms with Crippen LogP contribution in [0.2, 0.25) is 0 Å². The van der Waals surface area contributed by atoms with Crippen molar-refractivity contribution in [2.24, 2.45) is 0 Å². The van der Waals surface area contributed by atoms with E-state index in [9.17, 15) is 0 Å². The van der Waals surface area contributed by atoms with Crippen molar-refractivity contribution >= 4 is 5.95 Å². The number of nitrogens with zero attached hydrogens (tertiary/aromatic N) is 3. The zero-order valence-corrected chi connectivity index (χ0v) is 11.2. The fourth-order valence-corrected chi connectivity index (χ4v) is 2.49. The van der Waals surface area contributed by atoms with Gasteiger partial charge >= 0.3 is 0 Å². The lowest BCUT2D eigenvalue weighted by molar-refractivity contribution is 0.0974. The molecule has 1 aromatic heterocycles. The topological polar surface area (TPSA) is 54.0 Å². The lowest BCUT2D eigenvalue weighted by atomic mass is 9.92. The standard InChI is InChI=1S/C14H18N4O/c1-18(2)14-15-13(16-17-14)12-11(8-9-19-12)10-6-4-3-5-7-10/h3-7,11-12H,8-9H2,1-2H3,(H,15,16,17)/t11-,12-/m1/s1. The van der Waals surface area contributed by atoms with E-state index in [0.717, 1.165) is 18.9 Å². The largest absolute Gasteiger partial charge is 0.370 e. The molecular weight excluding hydrogens is 240 g/mol. The summed E-state index contributed by atoms with van der Waals surface area (Å²) in [5, 5.41) is 7.20. The van der Waals surface area contributed by atoms with Gasteiger partial charge in [-0.3, -0.25) is 5.10 Å². The van der Waals surface area contributed by atoms with Gasteiger partial charge in [0.2, 0.25) is 5.95 Å². The third-order valence-electron chi connectivity index (χ3n) is 3.48. The fourth-order valence-electron chi connectivity index (χ4n) is 2.49. The Morgan fingerprint density at radius 1 is 1.26 bits per heavy atom. The number of aromatic amines is 1. The van der Waals surface area contributed by atoms with Crippen molar-refractivity contribution < 1.29 is 4.74 Å². The van der Waals surface area contributed by atoms with E-state index in [2.05, 4.69) is 39.4 Å². The molecular formula is C14H18N4O. The molecule has 0 radical (unpaired) electrons. The highest BCUT2D eigenvalue weighted by Gasteiger charge is 2.33. The number of rotatable bonds is 3. The Balaban J connectivity index is 1.86. The second-order valence-electron chi connectivity index (χ2n) is 5.01. The molecule has 2 aromatic rings. The molecule has 0 saturated carbocycles. The molecule has 5 heteroatoms. The van der Waals surface area contributed by atoms with Crippen LogP contribution in [0, 0.1) is 0 Å². The smallest absolute Gasteiger partial charge is 0.244 e. The first-order chi connectivity index (χ1) is 9.25. The Labute approximate surface area is 112 Å². The fraction of sp³-hybridized carbons (Fsp3) is 0.429. The van der Waals surface area contributed by atoms with Gasteiger partial charge in [0, 0.05) is 26.6 Å². The molecule has 0 amide bonds. The van der Waals surface area contributed by atoms with Crippen molar-refractivity contribution in [3.8, 4) is 0 Å². The molecule has 1 aliphatic rings.